The van der Waals surface area contributed by atoms with Gasteiger partial charge in [0, 0.05) is 32.2 Å². The molecule has 182 valence electrons. The lowest BCUT2D eigenvalue weighted by Gasteiger charge is -2.26. The first-order chi connectivity index (χ1) is 16.5. The molecule has 2 aromatic heterocycles. The van der Waals surface area contributed by atoms with Crippen molar-refractivity contribution in [2.45, 2.75) is 45.1 Å². The number of benzene rings is 2. The molecule has 0 bridgehead atoms. The maximum absolute atomic E-state index is 12.8. The highest BCUT2D eigenvalue weighted by atomic mass is 35.5. The number of anilines is 1. The normalized spacial score (nSPS) is 11.6. The van der Waals surface area contributed by atoms with Crippen molar-refractivity contribution in [3.8, 4) is 5.82 Å². The minimum atomic E-state index is -0.584. The van der Waals surface area contributed by atoms with Crippen LogP contribution in [0.2, 0.25) is 10.0 Å². The van der Waals surface area contributed by atoms with Crippen LogP contribution in [0.3, 0.4) is 0 Å². The molecule has 0 N–H and O–H groups in total. The molecule has 2 heterocycles. The summed E-state index contributed by atoms with van der Waals surface area (Å²) in [5.74, 6) is 0.414. The van der Waals surface area contributed by atoms with E-state index in [9.17, 15) is 4.79 Å². The Kier molecular flexibility index (Phi) is 7.31. The van der Waals surface area contributed by atoms with E-state index in [1.165, 1.54) is 11.9 Å². The maximum atomic E-state index is 12.8. The Bertz CT molecular complexity index is 1360. The predicted octanol–water partition coefficient (Wildman–Crippen LogP) is 7.20. The zero-order valence-corrected chi connectivity index (χ0v) is 22.5. The van der Waals surface area contributed by atoms with Crippen molar-refractivity contribution in [1.29, 1.82) is 0 Å². The zero-order chi connectivity index (χ0) is 25.3. The molecule has 4 rings (SSSR count). The van der Waals surface area contributed by atoms with Crippen molar-refractivity contribution in [2.24, 2.45) is 0 Å². The van der Waals surface area contributed by atoms with Crippen molar-refractivity contribution in [2.75, 3.05) is 10.8 Å². The van der Waals surface area contributed by atoms with Crippen LogP contribution in [-0.4, -0.2) is 32.9 Å². The Morgan fingerprint density at radius 1 is 1.03 bits per heavy atom. The van der Waals surface area contributed by atoms with Crippen LogP contribution in [0, 0.1) is 13.8 Å². The minimum absolute atomic E-state index is 0.0424. The van der Waals surface area contributed by atoms with Gasteiger partial charge < -0.3 is 9.04 Å². The fourth-order valence-electron chi connectivity index (χ4n) is 3.62. The van der Waals surface area contributed by atoms with Gasteiger partial charge in [0.05, 0.1) is 11.2 Å². The molecular weight excluding hydrogens is 503 g/mol. The number of hydrogen-bond acceptors (Lipinski definition) is 6. The van der Waals surface area contributed by atoms with Crippen molar-refractivity contribution < 1.29 is 9.53 Å². The fraction of sp³-hybridized carbons (Fsp3) is 0.269. The molecule has 9 heteroatoms. The van der Waals surface area contributed by atoms with Crippen LogP contribution < -0.4 is 4.31 Å². The molecule has 0 amide bonds. The van der Waals surface area contributed by atoms with Gasteiger partial charge in [-0.05, 0) is 101 Å². The molecule has 0 spiro atoms. The summed E-state index contributed by atoms with van der Waals surface area (Å²) in [7, 11) is 0. The van der Waals surface area contributed by atoms with Gasteiger partial charge in [-0.1, -0.05) is 23.2 Å². The van der Waals surface area contributed by atoms with Gasteiger partial charge in [-0.2, -0.15) is 5.10 Å². The van der Waals surface area contributed by atoms with Crippen molar-refractivity contribution in [3.05, 3.63) is 76.0 Å². The van der Waals surface area contributed by atoms with E-state index in [0.717, 1.165) is 38.6 Å². The molecule has 0 atom stereocenters. The number of hydrogen-bond donors (Lipinski definition) is 0. The summed E-state index contributed by atoms with van der Waals surface area (Å²) < 4.78 is 9.50. The smallest absolute Gasteiger partial charge is 0.327 e. The third-order valence-electron chi connectivity index (χ3n) is 5.05. The van der Waals surface area contributed by atoms with E-state index >= 15 is 0 Å². The number of aromatic nitrogens is 3. The number of nitrogens with zero attached hydrogens (tertiary/aromatic N) is 4. The van der Waals surface area contributed by atoms with Gasteiger partial charge in [0.15, 0.2) is 5.82 Å². The first kappa shape index (κ1) is 25.4. The summed E-state index contributed by atoms with van der Waals surface area (Å²) in [5, 5.41) is 10.6. The van der Waals surface area contributed by atoms with Gasteiger partial charge in [0.1, 0.15) is 12.1 Å². The Labute approximate surface area is 219 Å². The van der Waals surface area contributed by atoms with Crippen LogP contribution in [0.25, 0.3) is 16.7 Å². The zero-order valence-electron chi connectivity index (χ0n) is 20.2. The van der Waals surface area contributed by atoms with Crippen LogP contribution in [0.5, 0.6) is 0 Å². The average Bonchev–Trinajstić information content (AvgIpc) is 3.08. The lowest BCUT2D eigenvalue weighted by Crippen LogP contribution is -2.31. The lowest BCUT2D eigenvalue weighted by molar-refractivity contribution is -0.152. The van der Waals surface area contributed by atoms with Gasteiger partial charge in [-0.3, -0.25) is 9.36 Å². The largest absolute Gasteiger partial charge is 0.459 e. The third-order valence-corrected chi connectivity index (χ3v) is 6.49. The number of aryl methyl sites for hydroxylation is 2. The lowest BCUT2D eigenvalue weighted by atomic mass is 10.1. The van der Waals surface area contributed by atoms with Crippen LogP contribution in [-0.2, 0) is 9.53 Å². The second kappa shape index (κ2) is 10.1. The minimum Gasteiger partial charge on any atom is -0.459 e. The van der Waals surface area contributed by atoms with E-state index in [0.29, 0.717) is 10.0 Å². The van der Waals surface area contributed by atoms with Gasteiger partial charge in [0.25, 0.3) is 0 Å². The molecular formula is C26H26Cl2N4O2S. The van der Waals surface area contributed by atoms with Gasteiger partial charge >= 0.3 is 5.97 Å². The van der Waals surface area contributed by atoms with E-state index in [-0.39, 0.29) is 12.5 Å². The molecule has 0 aliphatic heterocycles. The summed E-state index contributed by atoms with van der Waals surface area (Å²) in [6.45, 7) is 9.56. The molecule has 0 saturated carbocycles. The monoisotopic (exact) mass is 528 g/mol. The number of carbonyl (C=O) groups excluding carboxylic acids is 1. The SMILES string of the molecule is Cc1ccc(-n2cc(C)c3cc(N(CC(=O)OC(C)(C)C)Sc4cc(Cl)cc(Cl)c4)ccc32)nn1. The highest BCUT2D eigenvalue weighted by molar-refractivity contribution is 8.00. The summed E-state index contributed by atoms with van der Waals surface area (Å²) in [5.41, 5.74) is 3.20. The highest BCUT2D eigenvalue weighted by Gasteiger charge is 2.21. The van der Waals surface area contributed by atoms with Gasteiger partial charge in [0.2, 0.25) is 0 Å². The molecule has 0 aliphatic rings. The topological polar surface area (TPSA) is 60.2 Å². The average molecular weight is 529 g/mol. The molecule has 2 aromatic carbocycles. The molecule has 0 fully saturated rings. The second-order valence-corrected chi connectivity index (χ2v) is 11.2. The number of halogens is 2. The van der Waals surface area contributed by atoms with Crippen LogP contribution in [0.1, 0.15) is 32.0 Å². The second-order valence-electron chi connectivity index (χ2n) is 9.24. The molecule has 0 saturated heterocycles. The highest BCUT2D eigenvalue weighted by Crippen LogP contribution is 2.35. The van der Waals surface area contributed by atoms with Gasteiger partial charge in [-0.15, -0.1) is 5.10 Å². The summed E-state index contributed by atoms with van der Waals surface area (Å²) >= 11 is 13.8. The quantitative estimate of drug-likeness (QED) is 0.195. The van der Waals surface area contributed by atoms with Crippen LogP contribution in [0.15, 0.2) is 59.6 Å². The van der Waals surface area contributed by atoms with Crippen LogP contribution >= 0.6 is 35.1 Å². The molecule has 6 nitrogen and oxygen atoms in total. The van der Waals surface area contributed by atoms with Crippen molar-refractivity contribution >= 4 is 57.7 Å². The van der Waals surface area contributed by atoms with Gasteiger partial charge in [-0.25, -0.2) is 0 Å². The Balaban J connectivity index is 1.73. The van der Waals surface area contributed by atoms with E-state index in [1.54, 1.807) is 6.07 Å². The Hall–Kier alpha value is -2.74. The Morgan fingerprint density at radius 2 is 1.74 bits per heavy atom. The number of rotatable bonds is 6. The molecule has 0 radical (unpaired) electrons. The standard InChI is InChI=1S/C26H26Cl2N4O2S/c1-16-14-31(24-9-6-17(2)29-30-24)23-8-7-20(13-22(16)23)32(15-25(33)34-26(3,4)5)35-21-11-18(27)10-19(28)12-21/h6-14H,15H2,1-5H3. The van der Waals surface area contributed by atoms with E-state index < -0.39 is 5.60 Å². The summed E-state index contributed by atoms with van der Waals surface area (Å²) in [6.07, 6.45) is 2.04. The number of carbonyl (C=O) groups is 1. The van der Waals surface area contributed by atoms with Crippen molar-refractivity contribution in [3.63, 3.8) is 0 Å². The van der Waals surface area contributed by atoms with E-state index in [1.807, 2.05) is 86.1 Å². The summed E-state index contributed by atoms with van der Waals surface area (Å²) in [6, 6.07) is 15.3. The molecule has 0 unspecified atom stereocenters. The maximum Gasteiger partial charge on any atom is 0.327 e. The number of fused-ring (bicyclic) bond motifs is 1. The van der Waals surface area contributed by atoms with E-state index in [4.69, 9.17) is 27.9 Å². The summed E-state index contributed by atoms with van der Waals surface area (Å²) in [4.78, 5) is 13.6. The first-order valence-electron chi connectivity index (χ1n) is 11.0. The van der Waals surface area contributed by atoms with Crippen molar-refractivity contribution in [1.82, 2.24) is 14.8 Å². The number of ether oxygens (including phenoxy) is 1. The first-order valence-corrected chi connectivity index (χ1v) is 12.6. The molecule has 4 aromatic rings. The predicted molar refractivity (Wildman–Crippen MR) is 144 cm³/mol. The van der Waals surface area contributed by atoms with Crippen LogP contribution in [0.4, 0.5) is 5.69 Å². The molecule has 0 aliphatic carbocycles. The van der Waals surface area contributed by atoms with E-state index in [2.05, 4.69) is 16.3 Å². The fourth-order valence-corrected chi connectivity index (χ4v) is 5.28. The molecule has 35 heavy (non-hydrogen) atoms. The third kappa shape index (κ3) is 6.28. The Morgan fingerprint density at radius 3 is 2.37 bits per heavy atom. The number of esters is 1.